The molecule has 1 fully saturated rings. The lowest BCUT2D eigenvalue weighted by Gasteiger charge is -2.29. The molecule has 1 saturated carbocycles. The third-order valence-corrected chi connectivity index (χ3v) is 5.21. The van der Waals surface area contributed by atoms with E-state index in [0.717, 1.165) is 11.3 Å². The molecule has 7 nitrogen and oxygen atoms in total. The Morgan fingerprint density at radius 3 is 2.38 bits per heavy atom. The Morgan fingerprint density at radius 1 is 1.03 bits per heavy atom. The van der Waals surface area contributed by atoms with Crippen molar-refractivity contribution in [2.24, 2.45) is 5.92 Å². The van der Waals surface area contributed by atoms with E-state index >= 15 is 0 Å². The average molecular weight is 407 g/mol. The summed E-state index contributed by atoms with van der Waals surface area (Å²) in [5.41, 5.74) is 0.648. The molecule has 1 aromatic carbocycles. The highest BCUT2D eigenvalue weighted by Crippen LogP contribution is 2.30. The van der Waals surface area contributed by atoms with E-state index in [4.69, 9.17) is 9.47 Å². The third kappa shape index (κ3) is 7.57. The molecule has 0 aromatic heterocycles. The molecular formula is C22H36N3O4+. The van der Waals surface area contributed by atoms with E-state index in [2.05, 4.69) is 17.6 Å². The highest BCUT2D eigenvalue weighted by molar-refractivity contribution is 5.92. The SMILES string of the molecule is CCOc1ccc(NC(=O)C[NH+](C)CC(=O)N[C@@H]2CCCC[C@@H]2C)cc1OCC. The van der Waals surface area contributed by atoms with Gasteiger partial charge in [-0.2, -0.15) is 0 Å². The van der Waals surface area contributed by atoms with Gasteiger partial charge in [0.1, 0.15) is 0 Å². The van der Waals surface area contributed by atoms with Gasteiger partial charge < -0.3 is 25.0 Å². The Hall–Kier alpha value is -2.28. The summed E-state index contributed by atoms with van der Waals surface area (Å²) in [4.78, 5) is 25.6. The summed E-state index contributed by atoms with van der Waals surface area (Å²) in [5.74, 6) is 1.65. The van der Waals surface area contributed by atoms with Crippen LogP contribution in [0.5, 0.6) is 11.5 Å². The maximum absolute atomic E-state index is 12.4. The number of benzene rings is 1. The monoisotopic (exact) mass is 406 g/mol. The van der Waals surface area contributed by atoms with Gasteiger partial charge in [0.15, 0.2) is 24.6 Å². The fraction of sp³-hybridized carbons (Fsp3) is 0.636. The Balaban J connectivity index is 1.83. The number of rotatable bonds is 10. The van der Waals surface area contributed by atoms with Crippen molar-refractivity contribution in [1.82, 2.24) is 5.32 Å². The molecule has 3 N–H and O–H groups in total. The first kappa shape index (κ1) is 23.0. The topological polar surface area (TPSA) is 81.1 Å². The smallest absolute Gasteiger partial charge is 0.279 e. The fourth-order valence-corrected chi connectivity index (χ4v) is 3.73. The molecule has 0 saturated heterocycles. The number of hydrogen-bond acceptors (Lipinski definition) is 4. The van der Waals surface area contributed by atoms with Crippen LogP contribution in [0.2, 0.25) is 0 Å². The second kappa shape index (κ2) is 11.7. The molecule has 1 aromatic rings. The number of likely N-dealkylation sites (N-methyl/N-ethyl adjacent to an activating group) is 1. The quantitative estimate of drug-likeness (QED) is 0.552. The van der Waals surface area contributed by atoms with Gasteiger partial charge in [0.25, 0.3) is 11.8 Å². The van der Waals surface area contributed by atoms with Gasteiger partial charge in [0.05, 0.1) is 20.3 Å². The van der Waals surface area contributed by atoms with E-state index in [1.165, 1.54) is 19.3 Å². The normalized spacial score (nSPS) is 19.9. The molecule has 1 unspecified atom stereocenters. The van der Waals surface area contributed by atoms with Gasteiger partial charge in [-0.3, -0.25) is 9.59 Å². The molecule has 0 spiro atoms. The summed E-state index contributed by atoms with van der Waals surface area (Å²) in [6.45, 7) is 7.56. The minimum absolute atomic E-state index is 0.00810. The van der Waals surface area contributed by atoms with Crippen molar-refractivity contribution in [2.75, 3.05) is 38.7 Å². The van der Waals surface area contributed by atoms with Crippen molar-refractivity contribution in [3.05, 3.63) is 18.2 Å². The molecule has 0 bridgehead atoms. The van der Waals surface area contributed by atoms with Crippen molar-refractivity contribution in [2.45, 2.75) is 52.5 Å². The Kier molecular flexibility index (Phi) is 9.25. The third-order valence-electron chi connectivity index (χ3n) is 5.21. The number of hydrogen-bond donors (Lipinski definition) is 3. The lowest BCUT2D eigenvalue weighted by atomic mass is 9.86. The van der Waals surface area contributed by atoms with Crippen LogP contribution in [0, 0.1) is 5.92 Å². The van der Waals surface area contributed by atoms with E-state index in [9.17, 15) is 9.59 Å². The van der Waals surface area contributed by atoms with Gasteiger partial charge in [-0.1, -0.05) is 19.8 Å². The molecule has 2 rings (SSSR count). The van der Waals surface area contributed by atoms with Crippen LogP contribution in [0.4, 0.5) is 5.69 Å². The maximum Gasteiger partial charge on any atom is 0.279 e. The molecule has 0 aliphatic heterocycles. The van der Waals surface area contributed by atoms with E-state index < -0.39 is 0 Å². The number of nitrogens with one attached hydrogen (secondary N) is 3. The van der Waals surface area contributed by atoms with Crippen LogP contribution in [0.1, 0.15) is 46.5 Å². The van der Waals surface area contributed by atoms with E-state index in [1.54, 1.807) is 18.2 Å². The van der Waals surface area contributed by atoms with Crippen molar-refractivity contribution in [3.63, 3.8) is 0 Å². The number of ether oxygens (including phenoxy) is 2. The highest BCUT2D eigenvalue weighted by Gasteiger charge is 2.24. The number of carbonyl (C=O) groups is 2. The summed E-state index contributed by atoms with van der Waals surface area (Å²) in [5, 5.41) is 6.02. The Bertz CT molecular complexity index is 680. The second-order valence-electron chi connectivity index (χ2n) is 7.82. The fourth-order valence-electron chi connectivity index (χ4n) is 3.73. The van der Waals surface area contributed by atoms with Crippen LogP contribution in [-0.2, 0) is 9.59 Å². The van der Waals surface area contributed by atoms with Crippen molar-refractivity contribution in [1.29, 1.82) is 0 Å². The Morgan fingerprint density at radius 2 is 1.69 bits per heavy atom. The molecule has 0 radical (unpaired) electrons. The predicted octanol–water partition coefficient (Wildman–Crippen LogP) is 1.63. The average Bonchev–Trinajstić information content (AvgIpc) is 2.65. The van der Waals surface area contributed by atoms with Crippen molar-refractivity contribution < 1.29 is 24.0 Å². The van der Waals surface area contributed by atoms with Crippen LogP contribution < -0.4 is 25.0 Å². The highest BCUT2D eigenvalue weighted by atomic mass is 16.5. The van der Waals surface area contributed by atoms with Crippen LogP contribution in [-0.4, -0.2) is 51.2 Å². The van der Waals surface area contributed by atoms with Crippen molar-refractivity contribution >= 4 is 17.5 Å². The molecule has 0 heterocycles. The number of anilines is 1. The zero-order valence-electron chi connectivity index (χ0n) is 18.2. The lowest BCUT2D eigenvalue weighted by Crippen LogP contribution is -3.11. The lowest BCUT2D eigenvalue weighted by molar-refractivity contribution is -0.862. The number of amides is 2. The van der Waals surface area contributed by atoms with Gasteiger partial charge in [0, 0.05) is 17.8 Å². The second-order valence-corrected chi connectivity index (χ2v) is 7.82. The first-order valence-corrected chi connectivity index (χ1v) is 10.7. The van der Waals surface area contributed by atoms with E-state index in [-0.39, 0.29) is 30.9 Å². The number of quaternary nitrogens is 1. The van der Waals surface area contributed by atoms with Gasteiger partial charge in [0.2, 0.25) is 0 Å². The molecule has 3 atom stereocenters. The van der Waals surface area contributed by atoms with Crippen LogP contribution in [0.25, 0.3) is 0 Å². The van der Waals surface area contributed by atoms with Gasteiger partial charge in [-0.15, -0.1) is 0 Å². The van der Waals surface area contributed by atoms with Gasteiger partial charge >= 0.3 is 0 Å². The zero-order chi connectivity index (χ0) is 21.2. The molecular weight excluding hydrogens is 370 g/mol. The van der Waals surface area contributed by atoms with E-state index in [0.29, 0.717) is 36.3 Å². The summed E-state index contributed by atoms with van der Waals surface area (Å²) in [6.07, 6.45) is 4.63. The van der Waals surface area contributed by atoms with E-state index in [1.807, 2.05) is 20.9 Å². The largest absolute Gasteiger partial charge is 0.490 e. The van der Waals surface area contributed by atoms with Crippen molar-refractivity contribution in [3.8, 4) is 11.5 Å². The summed E-state index contributed by atoms with van der Waals surface area (Å²) in [7, 11) is 1.85. The molecule has 162 valence electrons. The van der Waals surface area contributed by atoms with Gasteiger partial charge in [-0.25, -0.2) is 0 Å². The predicted molar refractivity (Wildman–Crippen MR) is 114 cm³/mol. The summed E-state index contributed by atoms with van der Waals surface area (Å²) < 4.78 is 11.1. The first-order chi connectivity index (χ1) is 13.9. The number of carbonyl (C=O) groups excluding carboxylic acids is 2. The Labute approximate surface area is 174 Å². The molecule has 1 aliphatic rings. The van der Waals surface area contributed by atoms with Crippen LogP contribution >= 0.6 is 0 Å². The molecule has 1 aliphatic carbocycles. The van der Waals surface area contributed by atoms with Crippen LogP contribution in [0.3, 0.4) is 0 Å². The minimum Gasteiger partial charge on any atom is -0.490 e. The molecule has 7 heteroatoms. The maximum atomic E-state index is 12.4. The summed E-state index contributed by atoms with van der Waals surface area (Å²) in [6, 6.07) is 5.61. The summed E-state index contributed by atoms with van der Waals surface area (Å²) >= 11 is 0. The molecule has 2 amide bonds. The standard InChI is InChI=1S/C22H35N3O4/c1-5-28-19-12-11-17(13-20(19)29-6-2)23-21(26)14-25(4)15-22(27)24-18-10-8-7-9-16(18)3/h11-13,16,18H,5-10,14-15H2,1-4H3,(H,23,26)(H,24,27)/p+1/t16-,18+/m0/s1. The molecule has 29 heavy (non-hydrogen) atoms. The minimum atomic E-state index is -0.145. The van der Waals surface area contributed by atoms with Gasteiger partial charge in [-0.05, 0) is 44.7 Å². The van der Waals surface area contributed by atoms with Crippen LogP contribution in [0.15, 0.2) is 18.2 Å². The zero-order valence-corrected chi connectivity index (χ0v) is 18.2. The first-order valence-electron chi connectivity index (χ1n) is 10.7.